The van der Waals surface area contributed by atoms with Crippen LogP contribution in [-0.2, 0) is 19.1 Å². The number of carbonyl (C=O) groups excluding carboxylic acids is 2. The quantitative estimate of drug-likeness (QED) is 0.432. The fourth-order valence-corrected chi connectivity index (χ4v) is 5.47. The van der Waals surface area contributed by atoms with Crippen LogP contribution in [-0.4, -0.2) is 24.8 Å². The molecule has 4 bridgehead atoms. The van der Waals surface area contributed by atoms with E-state index in [-0.39, 0.29) is 36.7 Å². The molecule has 0 saturated heterocycles. The van der Waals surface area contributed by atoms with Crippen LogP contribution in [0.25, 0.3) is 0 Å². The van der Waals surface area contributed by atoms with E-state index in [0.29, 0.717) is 17.2 Å². The number of ether oxygens (including phenoxy) is 3. The Morgan fingerprint density at radius 3 is 2.41 bits per heavy atom. The van der Waals surface area contributed by atoms with Gasteiger partial charge in [-0.25, -0.2) is 4.79 Å². The number of para-hydroxylation sites is 1. The van der Waals surface area contributed by atoms with Crippen molar-refractivity contribution in [3.8, 4) is 5.75 Å². The zero-order valence-corrected chi connectivity index (χ0v) is 15.7. The van der Waals surface area contributed by atoms with Crippen LogP contribution in [0.2, 0.25) is 0 Å². The van der Waals surface area contributed by atoms with Crippen LogP contribution in [0.1, 0.15) is 39.0 Å². The van der Waals surface area contributed by atoms with Crippen molar-refractivity contribution in [3.63, 3.8) is 0 Å². The Balaban J connectivity index is 1.39. The third-order valence-electron chi connectivity index (χ3n) is 6.37. The van der Waals surface area contributed by atoms with Crippen molar-refractivity contribution in [2.45, 2.75) is 45.1 Å². The lowest BCUT2D eigenvalue weighted by molar-refractivity contribution is -0.197. The van der Waals surface area contributed by atoms with E-state index < -0.39 is 5.41 Å². The van der Waals surface area contributed by atoms with Gasteiger partial charge in [0.25, 0.3) is 0 Å². The first-order valence-corrected chi connectivity index (χ1v) is 9.68. The van der Waals surface area contributed by atoms with E-state index in [1.54, 1.807) is 6.92 Å². The summed E-state index contributed by atoms with van der Waals surface area (Å²) in [5.41, 5.74) is -0.0149. The third kappa shape index (κ3) is 3.47. The molecule has 1 aromatic rings. The maximum absolute atomic E-state index is 12.9. The van der Waals surface area contributed by atoms with Crippen LogP contribution in [0.15, 0.2) is 42.5 Å². The zero-order valence-electron chi connectivity index (χ0n) is 15.7. The lowest BCUT2D eigenvalue weighted by Gasteiger charge is -2.57. The summed E-state index contributed by atoms with van der Waals surface area (Å²) < 4.78 is 16.8. The van der Waals surface area contributed by atoms with Crippen LogP contribution in [0.4, 0.5) is 0 Å². The second-order valence-corrected chi connectivity index (χ2v) is 8.41. The minimum Gasteiger partial charge on any atom is -0.458 e. The van der Waals surface area contributed by atoms with E-state index >= 15 is 0 Å². The summed E-state index contributed by atoms with van der Waals surface area (Å²) in [6, 6.07) is 9.33. The highest BCUT2D eigenvalue weighted by molar-refractivity contribution is 5.87. The first-order chi connectivity index (χ1) is 13.0. The van der Waals surface area contributed by atoms with Gasteiger partial charge in [0.2, 0.25) is 6.79 Å². The van der Waals surface area contributed by atoms with Gasteiger partial charge >= 0.3 is 11.9 Å². The lowest BCUT2D eigenvalue weighted by atomic mass is 9.48. The molecule has 0 aliphatic heterocycles. The molecule has 0 amide bonds. The van der Waals surface area contributed by atoms with Crippen LogP contribution >= 0.6 is 0 Å². The number of rotatable bonds is 6. The van der Waals surface area contributed by atoms with E-state index in [2.05, 4.69) is 6.58 Å². The van der Waals surface area contributed by atoms with Gasteiger partial charge in [-0.3, -0.25) is 4.79 Å². The Kier molecular flexibility index (Phi) is 4.70. The Labute approximate surface area is 159 Å². The Hall–Kier alpha value is -2.30. The highest BCUT2D eigenvalue weighted by atomic mass is 16.7. The average Bonchev–Trinajstić information content (AvgIpc) is 2.64. The topological polar surface area (TPSA) is 61.8 Å². The van der Waals surface area contributed by atoms with Gasteiger partial charge in [-0.15, -0.1) is 0 Å². The van der Waals surface area contributed by atoms with Crippen molar-refractivity contribution in [1.82, 2.24) is 0 Å². The van der Waals surface area contributed by atoms with Crippen molar-refractivity contribution in [2.24, 2.45) is 23.2 Å². The molecule has 0 radical (unpaired) electrons. The number of hydrogen-bond donors (Lipinski definition) is 0. The SMILES string of the molecule is C=C(C)C(=O)OC1C2CC3CC1CC(C(=O)OCOc1ccccc1)(C3)C2. The highest BCUT2D eigenvalue weighted by Crippen LogP contribution is 2.61. The van der Waals surface area contributed by atoms with Crippen molar-refractivity contribution in [1.29, 1.82) is 0 Å². The predicted octanol–water partition coefficient (Wildman–Crippen LogP) is 3.88. The van der Waals surface area contributed by atoms with Gasteiger partial charge in [-0.1, -0.05) is 24.8 Å². The van der Waals surface area contributed by atoms with E-state index in [4.69, 9.17) is 14.2 Å². The predicted molar refractivity (Wildman–Crippen MR) is 98.7 cm³/mol. The average molecular weight is 370 g/mol. The molecule has 2 atom stereocenters. The monoisotopic (exact) mass is 370 g/mol. The molecule has 0 N–H and O–H groups in total. The molecule has 5 rings (SSSR count). The van der Waals surface area contributed by atoms with Crippen LogP contribution in [0.3, 0.4) is 0 Å². The largest absolute Gasteiger partial charge is 0.458 e. The Morgan fingerprint density at radius 1 is 1.11 bits per heavy atom. The molecule has 27 heavy (non-hydrogen) atoms. The third-order valence-corrected chi connectivity index (χ3v) is 6.37. The van der Waals surface area contributed by atoms with Crippen molar-refractivity contribution in [3.05, 3.63) is 42.5 Å². The van der Waals surface area contributed by atoms with Crippen LogP contribution < -0.4 is 4.74 Å². The summed E-state index contributed by atoms with van der Waals surface area (Å²) in [4.78, 5) is 24.9. The smallest absolute Gasteiger partial charge is 0.333 e. The van der Waals surface area contributed by atoms with Gasteiger partial charge in [-0.05, 0) is 68.9 Å². The van der Waals surface area contributed by atoms with Crippen molar-refractivity contribution >= 4 is 11.9 Å². The van der Waals surface area contributed by atoms with Gasteiger partial charge in [0.05, 0.1) is 5.41 Å². The van der Waals surface area contributed by atoms with E-state index in [0.717, 1.165) is 32.1 Å². The van der Waals surface area contributed by atoms with Gasteiger partial charge in [0, 0.05) is 5.57 Å². The summed E-state index contributed by atoms with van der Waals surface area (Å²) in [6.45, 7) is 5.28. The molecule has 4 aliphatic rings. The summed E-state index contributed by atoms with van der Waals surface area (Å²) in [5.74, 6) is 1.19. The minimum absolute atomic E-state index is 0.0708. The number of benzene rings is 1. The van der Waals surface area contributed by atoms with Gasteiger partial charge in [0.15, 0.2) is 0 Å². The molecule has 4 aliphatic carbocycles. The second-order valence-electron chi connectivity index (χ2n) is 8.41. The number of hydrogen-bond acceptors (Lipinski definition) is 5. The fourth-order valence-electron chi connectivity index (χ4n) is 5.47. The summed E-state index contributed by atoms with van der Waals surface area (Å²) in [6.07, 6.45) is 4.31. The second kappa shape index (κ2) is 7.02. The van der Waals surface area contributed by atoms with Gasteiger partial charge in [-0.2, -0.15) is 0 Å². The molecule has 4 saturated carbocycles. The van der Waals surface area contributed by atoms with Crippen LogP contribution in [0, 0.1) is 23.2 Å². The van der Waals surface area contributed by atoms with Gasteiger partial charge < -0.3 is 14.2 Å². The van der Waals surface area contributed by atoms with Crippen molar-refractivity contribution in [2.75, 3.05) is 6.79 Å². The summed E-state index contributed by atoms with van der Waals surface area (Å²) >= 11 is 0. The fraction of sp³-hybridized carbons (Fsp3) is 0.545. The molecule has 5 heteroatoms. The van der Waals surface area contributed by atoms with E-state index in [9.17, 15) is 9.59 Å². The normalized spacial score (nSPS) is 33.4. The Morgan fingerprint density at radius 2 is 1.78 bits per heavy atom. The molecular weight excluding hydrogens is 344 g/mol. The zero-order chi connectivity index (χ0) is 19.0. The van der Waals surface area contributed by atoms with E-state index in [1.807, 2.05) is 30.3 Å². The molecule has 0 spiro atoms. The first-order valence-electron chi connectivity index (χ1n) is 9.68. The molecule has 144 valence electrons. The lowest BCUT2D eigenvalue weighted by Crippen LogP contribution is -2.57. The maximum Gasteiger partial charge on any atom is 0.333 e. The molecule has 0 aromatic heterocycles. The highest BCUT2D eigenvalue weighted by Gasteiger charge is 2.60. The summed E-state index contributed by atoms with van der Waals surface area (Å²) in [7, 11) is 0. The van der Waals surface area contributed by atoms with Crippen LogP contribution in [0.5, 0.6) is 5.75 Å². The molecule has 5 nitrogen and oxygen atoms in total. The number of carbonyl (C=O) groups is 2. The molecule has 4 fully saturated rings. The molecule has 0 heterocycles. The van der Waals surface area contributed by atoms with Crippen molar-refractivity contribution < 1.29 is 23.8 Å². The van der Waals surface area contributed by atoms with Gasteiger partial charge in [0.1, 0.15) is 11.9 Å². The standard InChI is InChI=1S/C22H26O5/c1-14(2)20(23)27-19-16-8-15-9-17(19)12-22(10-15,11-16)21(24)26-13-25-18-6-4-3-5-7-18/h3-7,15-17,19H,1,8-13H2,2H3. The molecule has 1 aromatic carbocycles. The number of esters is 2. The first kappa shape index (κ1) is 18.1. The minimum atomic E-state index is -0.442. The maximum atomic E-state index is 12.9. The van der Waals surface area contributed by atoms with E-state index in [1.165, 1.54) is 0 Å². The Bertz CT molecular complexity index is 724. The molecular formula is C22H26O5. The summed E-state index contributed by atoms with van der Waals surface area (Å²) in [5, 5.41) is 0. The molecule has 2 unspecified atom stereocenters.